The van der Waals surface area contributed by atoms with Gasteiger partial charge in [0, 0.05) is 45.8 Å². The molecule has 2 aromatic rings. The lowest BCUT2D eigenvalue weighted by molar-refractivity contribution is -0.0458. The molecule has 0 radical (unpaired) electrons. The van der Waals surface area contributed by atoms with Crippen LogP contribution in [0, 0.1) is 4.77 Å². The molecule has 0 bridgehead atoms. The molecule has 2 fully saturated rings. The third kappa shape index (κ3) is 4.64. The van der Waals surface area contributed by atoms with Crippen molar-refractivity contribution in [3.63, 3.8) is 0 Å². The lowest BCUT2D eigenvalue weighted by Crippen LogP contribution is -2.57. The van der Waals surface area contributed by atoms with E-state index in [9.17, 15) is 8.42 Å². The van der Waals surface area contributed by atoms with E-state index in [4.69, 9.17) is 21.4 Å². The van der Waals surface area contributed by atoms with E-state index in [1.165, 1.54) is 0 Å². The summed E-state index contributed by atoms with van der Waals surface area (Å²) in [6.07, 6.45) is 1.42. The van der Waals surface area contributed by atoms with Crippen LogP contribution in [0.2, 0.25) is 0 Å². The van der Waals surface area contributed by atoms with Crippen molar-refractivity contribution in [2.24, 2.45) is 0 Å². The van der Waals surface area contributed by atoms with E-state index in [-0.39, 0.29) is 12.2 Å². The third-order valence-electron chi connectivity index (χ3n) is 5.68. The van der Waals surface area contributed by atoms with Gasteiger partial charge in [0.15, 0.2) is 16.4 Å². The van der Waals surface area contributed by atoms with Gasteiger partial charge in [-0.25, -0.2) is 4.68 Å². The average Bonchev–Trinajstić information content (AvgIpc) is 3.36. The highest BCUT2D eigenvalue weighted by atomic mass is 32.2. The number of furan rings is 1. The Morgan fingerprint density at radius 3 is 2.39 bits per heavy atom. The largest absolute Gasteiger partial charge is 0.461 e. The number of nitrogens with zero attached hydrogens (tertiary/aromatic N) is 6. The highest BCUT2D eigenvalue weighted by Gasteiger charge is 2.36. The van der Waals surface area contributed by atoms with Gasteiger partial charge in [-0.3, -0.25) is 9.47 Å². The first-order valence-corrected chi connectivity index (χ1v) is 12.4. The van der Waals surface area contributed by atoms with Gasteiger partial charge in [-0.05, 0) is 45.1 Å². The van der Waals surface area contributed by atoms with Crippen molar-refractivity contribution < 1.29 is 17.6 Å². The molecule has 2 aliphatic rings. The van der Waals surface area contributed by atoms with Crippen LogP contribution in [0.15, 0.2) is 22.8 Å². The number of ether oxygens (including phenoxy) is 1. The monoisotopic (exact) mass is 470 g/mol. The van der Waals surface area contributed by atoms with Gasteiger partial charge in [0.2, 0.25) is 0 Å². The summed E-state index contributed by atoms with van der Waals surface area (Å²) in [5, 5.41) is 4.66. The predicted molar refractivity (Wildman–Crippen MR) is 118 cm³/mol. The lowest BCUT2D eigenvalue weighted by Gasteiger charge is -2.40. The van der Waals surface area contributed by atoms with Crippen molar-refractivity contribution in [2.45, 2.75) is 46.2 Å². The molecular weight excluding hydrogens is 440 g/mol. The highest BCUT2D eigenvalue weighted by Crippen LogP contribution is 2.21. The molecule has 0 aromatic carbocycles. The molecule has 2 aliphatic heterocycles. The maximum Gasteiger partial charge on any atom is 0.282 e. The molecule has 4 heterocycles. The second-order valence-corrected chi connectivity index (χ2v) is 10.4. The molecule has 0 saturated carbocycles. The van der Waals surface area contributed by atoms with E-state index < -0.39 is 10.2 Å². The van der Waals surface area contributed by atoms with Gasteiger partial charge in [-0.15, -0.1) is 5.10 Å². The van der Waals surface area contributed by atoms with Gasteiger partial charge in [0.1, 0.15) is 0 Å². The Bertz CT molecular complexity index is 1030. The van der Waals surface area contributed by atoms with E-state index in [0.29, 0.717) is 68.8 Å². The van der Waals surface area contributed by atoms with Gasteiger partial charge in [0.25, 0.3) is 10.2 Å². The Kier molecular flexibility index (Phi) is 6.65. The summed E-state index contributed by atoms with van der Waals surface area (Å²) >= 11 is 5.61. The summed E-state index contributed by atoms with van der Waals surface area (Å²) in [6.45, 7) is 9.94. The quantitative estimate of drug-likeness (QED) is 0.593. The average molecular weight is 471 g/mol. The molecule has 10 nitrogen and oxygen atoms in total. The van der Waals surface area contributed by atoms with Crippen LogP contribution in [-0.2, 0) is 28.2 Å². The van der Waals surface area contributed by atoms with Crippen molar-refractivity contribution >= 4 is 22.4 Å². The first-order valence-electron chi connectivity index (χ1n) is 10.6. The normalized spacial score (nSPS) is 24.6. The standard InChI is InChI=1S/C19H30N6O4S2/c1-4-24-18(17-6-5-11-28-17)20-25(19(24)30)14-21-7-9-22(10-8-21)31(26,27)23-12-15(2)29-16(3)13-23/h5-6,11,15-16H,4,7-10,12-14H2,1-3H3/t15-,16-/m0/s1. The van der Waals surface area contributed by atoms with Crippen LogP contribution in [0.3, 0.4) is 0 Å². The van der Waals surface area contributed by atoms with Crippen LogP contribution in [0.5, 0.6) is 0 Å². The second-order valence-electron chi connectivity index (χ2n) is 8.07. The maximum atomic E-state index is 13.1. The fourth-order valence-electron chi connectivity index (χ4n) is 4.18. The van der Waals surface area contributed by atoms with E-state index in [1.807, 2.05) is 37.5 Å². The summed E-state index contributed by atoms with van der Waals surface area (Å²) < 4.78 is 44.9. The molecule has 0 N–H and O–H groups in total. The molecule has 4 rings (SSSR count). The molecule has 12 heteroatoms. The third-order valence-corrected chi connectivity index (χ3v) is 8.08. The SMILES string of the molecule is CCn1c(-c2ccco2)nn(CN2CCN(S(=O)(=O)N3C[C@H](C)O[C@@H](C)C3)CC2)c1=S. The van der Waals surface area contributed by atoms with Gasteiger partial charge >= 0.3 is 0 Å². The summed E-state index contributed by atoms with van der Waals surface area (Å²) in [4.78, 5) is 2.17. The Balaban J connectivity index is 1.41. The number of aromatic nitrogens is 3. The fraction of sp³-hybridized carbons (Fsp3) is 0.684. The van der Waals surface area contributed by atoms with Crippen LogP contribution < -0.4 is 0 Å². The van der Waals surface area contributed by atoms with Crippen molar-refractivity contribution in [1.82, 2.24) is 27.9 Å². The van der Waals surface area contributed by atoms with Crippen molar-refractivity contribution in [3.8, 4) is 11.6 Å². The minimum absolute atomic E-state index is 0.0984. The van der Waals surface area contributed by atoms with E-state index >= 15 is 0 Å². The lowest BCUT2D eigenvalue weighted by atomic mass is 10.3. The first-order chi connectivity index (χ1) is 14.8. The van der Waals surface area contributed by atoms with Crippen LogP contribution in [0.4, 0.5) is 0 Å². The zero-order valence-corrected chi connectivity index (χ0v) is 19.8. The van der Waals surface area contributed by atoms with Crippen molar-refractivity contribution in [2.75, 3.05) is 39.3 Å². The molecule has 0 unspecified atom stereocenters. The van der Waals surface area contributed by atoms with Gasteiger partial charge < -0.3 is 9.15 Å². The van der Waals surface area contributed by atoms with Gasteiger partial charge in [0.05, 0.1) is 25.1 Å². The Hall–Kier alpha value is -1.57. The summed E-state index contributed by atoms with van der Waals surface area (Å²) in [5.41, 5.74) is 0. The molecule has 0 aliphatic carbocycles. The Labute approximate surface area is 188 Å². The van der Waals surface area contributed by atoms with Crippen LogP contribution >= 0.6 is 12.2 Å². The molecule has 0 amide bonds. The second kappa shape index (κ2) is 9.12. The number of hydrogen-bond acceptors (Lipinski definition) is 7. The van der Waals surface area contributed by atoms with E-state index in [0.717, 1.165) is 0 Å². The molecule has 172 valence electrons. The van der Waals surface area contributed by atoms with Crippen LogP contribution in [0.25, 0.3) is 11.6 Å². The minimum Gasteiger partial charge on any atom is -0.461 e. The first kappa shape index (κ1) is 22.6. The van der Waals surface area contributed by atoms with Gasteiger partial charge in [-0.1, -0.05) is 0 Å². The zero-order valence-electron chi connectivity index (χ0n) is 18.2. The van der Waals surface area contributed by atoms with Crippen molar-refractivity contribution in [1.29, 1.82) is 0 Å². The molecule has 2 saturated heterocycles. The summed E-state index contributed by atoms with van der Waals surface area (Å²) in [6, 6.07) is 3.69. The molecular formula is C19H30N6O4S2. The molecule has 2 aromatic heterocycles. The maximum absolute atomic E-state index is 13.1. The molecule has 0 spiro atoms. The fourth-order valence-corrected chi connectivity index (χ4v) is 6.24. The topological polar surface area (TPSA) is 89.0 Å². The van der Waals surface area contributed by atoms with E-state index in [1.54, 1.807) is 19.6 Å². The summed E-state index contributed by atoms with van der Waals surface area (Å²) in [5.74, 6) is 1.38. The number of piperazine rings is 1. The van der Waals surface area contributed by atoms with Crippen LogP contribution in [-0.4, -0.2) is 87.8 Å². The Morgan fingerprint density at radius 2 is 1.81 bits per heavy atom. The predicted octanol–water partition coefficient (Wildman–Crippen LogP) is 1.62. The van der Waals surface area contributed by atoms with Crippen LogP contribution in [0.1, 0.15) is 20.8 Å². The van der Waals surface area contributed by atoms with Crippen molar-refractivity contribution in [3.05, 3.63) is 23.2 Å². The zero-order chi connectivity index (χ0) is 22.2. The van der Waals surface area contributed by atoms with Gasteiger partial charge in [-0.2, -0.15) is 17.0 Å². The van der Waals surface area contributed by atoms with E-state index in [2.05, 4.69) is 10.00 Å². The molecule has 31 heavy (non-hydrogen) atoms. The Morgan fingerprint density at radius 1 is 1.13 bits per heavy atom. The highest BCUT2D eigenvalue weighted by molar-refractivity contribution is 7.86. The minimum atomic E-state index is -3.49. The number of rotatable bonds is 6. The molecule has 2 atom stereocenters. The smallest absolute Gasteiger partial charge is 0.282 e. The summed E-state index contributed by atoms with van der Waals surface area (Å²) in [7, 11) is -3.49. The number of morpholine rings is 1. The number of hydrogen-bond donors (Lipinski definition) is 0.